The van der Waals surface area contributed by atoms with Crippen LogP contribution in [0.15, 0.2) is 18.2 Å². The maximum Gasteiger partial charge on any atom is 0.253 e. The molecule has 0 bridgehead atoms. The predicted octanol–water partition coefficient (Wildman–Crippen LogP) is 2.66. The van der Waals surface area contributed by atoms with Gasteiger partial charge in [0.15, 0.2) is 0 Å². The number of ether oxygens (including phenoxy) is 1. The van der Waals surface area contributed by atoms with Crippen LogP contribution in [0.4, 0.5) is 0 Å². The number of carbonyl (C=O) groups is 1. The van der Waals surface area contributed by atoms with Crippen molar-refractivity contribution in [1.29, 1.82) is 0 Å². The first-order valence-corrected chi connectivity index (χ1v) is 10.3. The number of carbonyl (C=O) groups excluding carboxylic acids is 1. The van der Waals surface area contributed by atoms with Gasteiger partial charge in [0, 0.05) is 55.7 Å². The highest BCUT2D eigenvalue weighted by molar-refractivity contribution is 7.99. The Bertz CT molecular complexity index is 607. The number of nitrogens with zero attached hydrogens (tertiary/aromatic N) is 2. The zero-order valence-corrected chi connectivity index (χ0v) is 15.2. The van der Waals surface area contributed by atoms with Crippen LogP contribution in [0, 0.1) is 0 Å². The van der Waals surface area contributed by atoms with E-state index in [1.165, 1.54) is 30.2 Å². The quantitative estimate of drug-likeness (QED) is 0.824. The summed E-state index contributed by atoms with van der Waals surface area (Å²) in [6.07, 6.45) is 3.36. The number of hydrogen-bond acceptors (Lipinski definition) is 4. The van der Waals surface area contributed by atoms with Crippen LogP contribution >= 0.6 is 11.8 Å². The fourth-order valence-corrected chi connectivity index (χ4v) is 5.05. The van der Waals surface area contributed by atoms with Crippen molar-refractivity contribution >= 4 is 17.7 Å². The van der Waals surface area contributed by atoms with Crippen LogP contribution in [-0.4, -0.2) is 65.5 Å². The van der Waals surface area contributed by atoms with Gasteiger partial charge in [0.05, 0.1) is 0 Å². The molecule has 0 aromatic heterocycles. The summed E-state index contributed by atoms with van der Waals surface area (Å²) in [7, 11) is 0. The van der Waals surface area contributed by atoms with Crippen molar-refractivity contribution in [2.75, 3.05) is 37.7 Å². The van der Waals surface area contributed by atoms with E-state index in [-0.39, 0.29) is 12.0 Å². The normalized spacial score (nSPS) is 25.4. The van der Waals surface area contributed by atoms with Crippen LogP contribution < -0.4 is 4.74 Å². The van der Waals surface area contributed by atoms with Gasteiger partial charge in [-0.1, -0.05) is 0 Å². The lowest BCUT2D eigenvalue weighted by molar-refractivity contribution is 0.0631. The summed E-state index contributed by atoms with van der Waals surface area (Å²) in [6.45, 7) is 6.28. The number of amides is 1. The molecule has 4 nitrogen and oxygen atoms in total. The van der Waals surface area contributed by atoms with Crippen LogP contribution in [0.5, 0.6) is 5.75 Å². The van der Waals surface area contributed by atoms with E-state index in [0.29, 0.717) is 6.04 Å². The second-order valence-corrected chi connectivity index (χ2v) is 8.35. The van der Waals surface area contributed by atoms with Crippen molar-refractivity contribution in [3.8, 4) is 5.75 Å². The molecule has 0 radical (unpaired) electrons. The average Bonchev–Trinajstić information content (AvgIpc) is 3.01. The fourth-order valence-electron chi connectivity index (χ4n) is 4.11. The van der Waals surface area contributed by atoms with Crippen LogP contribution in [0.3, 0.4) is 0 Å². The van der Waals surface area contributed by atoms with E-state index in [4.69, 9.17) is 4.74 Å². The lowest BCUT2D eigenvalue weighted by Crippen LogP contribution is -2.49. The van der Waals surface area contributed by atoms with Crippen LogP contribution in [0.25, 0.3) is 0 Å². The third kappa shape index (κ3) is 3.29. The Morgan fingerprint density at radius 1 is 1.17 bits per heavy atom. The molecule has 5 heteroatoms. The van der Waals surface area contributed by atoms with Crippen molar-refractivity contribution in [3.05, 3.63) is 29.3 Å². The number of likely N-dealkylation sites (tertiary alicyclic amines) is 1. The maximum atomic E-state index is 12.8. The first-order valence-electron chi connectivity index (χ1n) is 9.11. The molecular weight excluding hydrogens is 320 g/mol. The summed E-state index contributed by atoms with van der Waals surface area (Å²) >= 11 is 2.06. The Balaban J connectivity index is 1.37. The first-order chi connectivity index (χ1) is 11.7. The second-order valence-electron chi connectivity index (χ2n) is 7.13. The van der Waals surface area contributed by atoms with Crippen molar-refractivity contribution in [1.82, 2.24) is 9.80 Å². The molecule has 130 valence electrons. The molecule has 3 aliphatic rings. The number of fused-ring (bicyclic) bond motifs is 1. The van der Waals surface area contributed by atoms with Gasteiger partial charge in [-0.25, -0.2) is 0 Å². The van der Waals surface area contributed by atoms with Gasteiger partial charge in [0.2, 0.25) is 0 Å². The molecule has 0 spiro atoms. The highest BCUT2D eigenvalue weighted by Gasteiger charge is 2.29. The van der Waals surface area contributed by atoms with Gasteiger partial charge in [-0.05, 0) is 43.5 Å². The van der Waals surface area contributed by atoms with Gasteiger partial charge in [-0.3, -0.25) is 9.69 Å². The third-order valence-corrected chi connectivity index (χ3v) is 6.40. The summed E-state index contributed by atoms with van der Waals surface area (Å²) < 4.78 is 5.74. The lowest BCUT2D eigenvalue weighted by atomic mass is 10.0. The minimum absolute atomic E-state index is 0.185. The van der Waals surface area contributed by atoms with Crippen molar-refractivity contribution in [3.63, 3.8) is 0 Å². The van der Waals surface area contributed by atoms with E-state index in [0.717, 1.165) is 43.7 Å². The van der Waals surface area contributed by atoms with Gasteiger partial charge in [0.1, 0.15) is 11.9 Å². The molecule has 0 aliphatic carbocycles. The molecule has 0 N–H and O–H groups in total. The van der Waals surface area contributed by atoms with E-state index >= 15 is 0 Å². The summed E-state index contributed by atoms with van der Waals surface area (Å²) in [5.74, 6) is 3.65. The second kappa shape index (κ2) is 6.96. The smallest absolute Gasteiger partial charge is 0.253 e. The Labute approximate surface area is 148 Å². The lowest BCUT2D eigenvalue weighted by Gasteiger charge is -2.40. The highest BCUT2D eigenvalue weighted by Crippen LogP contribution is 2.30. The maximum absolute atomic E-state index is 12.8. The summed E-state index contributed by atoms with van der Waals surface area (Å²) in [4.78, 5) is 17.5. The highest BCUT2D eigenvalue weighted by atomic mass is 32.2. The molecule has 24 heavy (non-hydrogen) atoms. The molecule has 2 fully saturated rings. The molecule has 1 atom stereocenters. The minimum Gasteiger partial charge on any atom is -0.490 e. The Hall–Kier alpha value is -1.20. The van der Waals surface area contributed by atoms with Crippen LogP contribution in [0.2, 0.25) is 0 Å². The van der Waals surface area contributed by atoms with Crippen LogP contribution in [0.1, 0.15) is 35.7 Å². The van der Waals surface area contributed by atoms with Crippen molar-refractivity contribution in [2.45, 2.75) is 38.3 Å². The standard InChI is InChI=1S/C19H26N2O2S/c1-14-12-16-13-15(2-3-18(16)23-14)19(22)21-6-4-17(5-7-21)20-8-10-24-11-9-20/h2-3,13-14,17H,4-12H2,1H3/t14-/m0/s1. The topological polar surface area (TPSA) is 32.8 Å². The third-order valence-electron chi connectivity index (χ3n) is 5.46. The van der Waals surface area contributed by atoms with E-state index in [2.05, 4.69) is 23.6 Å². The number of piperidine rings is 1. The number of hydrogen-bond donors (Lipinski definition) is 0. The van der Waals surface area contributed by atoms with Gasteiger partial charge in [-0.2, -0.15) is 11.8 Å². The average molecular weight is 346 g/mol. The van der Waals surface area contributed by atoms with E-state index in [1.807, 2.05) is 23.1 Å². The molecule has 1 amide bonds. The molecule has 1 aromatic carbocycles. The van der Waals surface area contributed by atoms with Crippen LogP contribution in [-0.2, 0) is 6.42 Å². The molecule has 4 rings (SSSR count). The Morgan fingerprint density at radius 2 is 1.92 bits per heavy atom. The number of rotatable bonds is 2. The predicted molar refractivity (Wildman–Crippen MR) is 98.1 cm³/mol. The fraction of sp³-hybridized carbons (Fsp3) is 0.632. The van der Waals surface area contributed by atoms with Gasteiger partial charge >= 0.3 is 0 Å². The van der Waals surface area contributed by atoms with E-state index in [1.54, 1.807) is 0 Å². The monoisotopic (exact) mass is 346 g/mol. The van der Waals surface area contributed by atoms with E-state index < -0.39 is 0 Å². The Morgan fingerprint density at radius 3 is 2.67 bits per heavy atom. The van der Waals surface area contributed by atoms with E-state index in [9.17, 15) is 4.79 Å². The summed E-state index contributed by atoms with van der Waals surface area (Å²) in [5, 5.41) is 0. The van der Waals surface area contributed by atoms with Gasteiger partial charge < -0.3 is 9.64 Å². The molecular formula is C19H26N2O2S. The Kier molecular flexibility index (Phi) is 4.72. The molecule has 0 unspecified atom stereocenters. The molecule has 1 aromatic rings. The van der Waals surface area contributed by atoms with Crippen molar-refractivity contribution in [2.24, 2.45) is 0 Å². The zero-order chi connectivity index (χ0) is 16.5. The van der Waals surface area contributed by atoms with Gasteiger partial charge in [0.25, 0.3) is 5.91 Å². The minimum atomic E-state index is 0.185. The van der Waals surface area contributed by atoms with Gasteiger partial charge in [-0.15, -0.1) is 0 Å². The molecule has 3 heterocycles. The van der Waals surface area contributed by atoms with Crippen molar-refractivity contribution < 1.29 is 9.53 Å². The number of thioether (sulfide) groups is 1. The largest absolute Gasteiger partial charge is 0.490 e. The first kappa shape index (κ1) is 16.3. The summed E-state index contributed by atoms with van der Waals surface area (Å²) in [5.41, 5.74) is 1.99. The SMILES string of the molecule is C[C@H]1Cc2cc(C(=O)N3CCC(N4CCSCC4)CC3)ccc2O1. The zero-order valence-electron chi connectivity index (χ0n) is 14.4. The molecule has 2 saturated heterocycles. The molecule has 0 saturated carbocycles. The number of benzene rings is 1. The molecule has 3 aliphatic heterocycles. The summed E-state index contributed by atoms with van der Waals surface area (Å²) in [6, 6.07) is 6.59.